The Kier molecular flexibility index (Phi) is 8.04. The van der Waals surface area contributed by atoms with Gasteiger partial charge in [-0.2, -0.15) is 0 Å². The van der Waals surface area contributed by atoms with Crippen LogP contribution in [-0.4, -0.2) is 36.5 Å². The molecule has 0 bridgehead atoms. The van der Waals surface area contributed by atoms with Crippen molar-refractivity contribution in [3.63, 3.8) is 0 Å². The van der Waals surface area contributed by atoms with E-state index in [2.05, 4.69) is 0 Å². The van der Waals surface area contributed by atoms with Crippen molar-refractivity contribution in [1.29, 1.82) is 0 Å². The van der Waals surface area contributed by atoms with E-state index in [1.807, 2.05) is 17.0 Å². The van der Waals surface area contributed by atoms with Gasteiger partial charge in [0.25, 0.3) is 11.8 Å². The van der Waals surface area contributed by atoms with Crippen LogP contribution in [0.5, 0.6) is 11.5 Å². The van der Waals surface area contributed by atoms with Gasteiger partial charge in [-0.1, -0.05) is 48.5 Å². The third-order valence-electron chi connectivity index (χ3n) is 5.39. The van der Waals surface area contributed by atoms with E-state index in [1.165, 1.54) is 13.5 Å². The van der Waals surface area contributed by atoms with E-state index in [1.54, 1.807) is 24.3 Å². The van der Waals surface area contributed by atoms with Gasteiger partial charge >= 0.3 is 0 Å². The van der Waals surface area contributed by atoms with Crippen LogP contribution < -0.4 is 15.2 Å². The van der Waals surface area contributed by atoms with Crippen LogP contribution in [0.2, 0.25) is 10.0 Å². The molecule has 2 amide bonds. The molecule has 1 saturated carbocycles. The number of hydrogen-bond acceptors (Lipinski definition) is 4. The minimum Gasteiger partial charge on any atom is -0.493 e. The number of nitrogens with two attached hydrogens (primary N) is 1. The maximum atomic E-state index is 13.5. The molecule has 2 aromatic carbocycles. The molecule has 0 radical (unpaired) electrons. The van der Waals surface area contributed by atoms with E-state index in [-0.39, 0.29) is 18.6 Å². The maximum Gasteiger partial charge on any atom is 0.255 e. The molecule has 2 aromatic rings. The summed E-state index contributed by atoms with van der Waals surface area (Å²) in [5.41, 5.74) is 6.47. The van der Waals surface area contributed by atoms with Crippen LogP contribution in [0.4, 0.5) is 0 Å². The first kappa shape index (κ1) is 23.2. The highest BCUT2D eigenvalue weighted by Gasteiger charge is 2.28. The Morgan fingerprint density at radius 2 is 1.81 bits per heavy atom. The summed E-state index contributed by atoms with van der Waals surface area (Å²) in [6, 6.07) is 10.4. The number of nitrogens with zero attached hydrogens (tertiary/aromatic N) is 1. The first-order valence-electron chi connectivity index (χ1n) is 10.2. The number of carbonyl (C=O) groups is 2. The number of carbonyl (C=O) groups excluding carboxylic acids is 2. The fraction of sp³-hybridized carbons (Fsp3) is 0.391. The van der Waals surface area contributed by atoms with Gasteiger partial charge in [0.2, 0.25) is 0 Å². The van der Waals surface area contributed by atoms with Crippen LogP contribution in [-0.2, 0) is 11.3 Å². The molecule has 1 fully saturated rings. The summed E-state index contributed by atoms with van der Waals surface area (Å²) in [6.45, 7) is 0.159. The molecule has 3 rings (SSSR count). The molecule has 0 saturated heterocycles. The number of ether oxygens (including phenoxy) is 2. The number of amides is 2. The molecule has 2 N–H and O–H groups in total. The molecule has 0 spiro atoms. The van der Waals surface area contributed by atoms with Gasteiger partial charge < -0.3 is 20.1 Å². The lowest BCUT2D eigenvalue weighted by atomic mass is 9.93. The average molecular weight is 465 g/mol. The van der Waals surface area contributed by atoms with Crippen molar-refractivity contribution in [2.24, 2.45) is 5.73 Å². The summed E-state index contributed by atoms with van der Waals surface area (Å²) >= 11 is 12.3. The number of halogens is 2. The van der Waals surface area contributed by atoms with Gasteiger partial charge in [0.05, 0.1) is 17.7 Å². The van der Waals surface area contributed by atoms with Gasteiger partial charge in [-0.15, -0.1) is 0 Å². The maximum absolute atomic E-state index is 13.5. The summed E-state index contributed by atoms with van der Waals surface area (Å²) < 4.78 is 10.8. The standard InChI is InChI=1S/C23H26Cl2N2O4/c1-30-21-11-15(7-10-20(21)31-14-22(26)28)13-27(17-5-3-2-4-6-17)23(29)18-9-8-16(24)12-19(18)25/h7-12,17H,2-6,13-14H2,1H3,(H2,26,28). The molecular weight excluding hydrogens is 439 g/mol. The highest BCUT2D eigenvalue weighted by atomic mass is 35.5. The minimum absolute atomic E-state index is 0.124. The Bertz CT molecular complexity index is 945. The molecular formula is C23H26Cl2N2O4. The Morgan fingerprint density at radius 3 is 2.45 bits per heavy atom. The van der Waals surface area contributed by atoms with Crippen molar-refractivity contribution in [3.05, 3.63) is 57.6 Å². The first-order chi connectivity index (χ1) is 14.9. The Balaban J connectivity index is 1.88. The Hall–Kier alpha value is -2.44. The minimum atomic E-state index is -0.569. The molecule has 0 aromatic heterocycles. The summed E-state index contributed by atoms with van der Waals surface area (Å²) in [6.07, 6.45) is 5.26. The quantitative estimate of drug-likeness (QED) is 0.605. The van der Waals surface area contributed by atoms with Crippen LogP contribution in [0.15, 0.2) is 36.4 Å². The van der Waals surface area contributed by atoms with Crippen molar-refractivity contribution >= 4 is 35.0 Å². The molecule has 1 aliphatic carbocycles. The summed E-state index contributed by atoms with van der Waals surface area (Å²) in [5, 5.41) is 0.827. The van der Waals surface area contributed by atoms with Gasteiger partial charge in [-0.25, -0.2) is 0 Å². The van der Waals surface area contributed by atoms with Crippen LogP contribution >= 0.6 is 23.2 Å². The zero-order valence-electron chi connectivity index (χ0n) is 17.4. The third kappa shape index (κ3) is 6.05. The van der Waals surface area contributed by atoms with E-state index in [0.29, 0.717) is 33.7 Å². The lowest BCUT2D eigenvalue weighted by molar-refractivity contribution is -0.119. The topological polar surface area (TPSA) is 81.9 Å². The van der Waals surface area contributed by atoms with E-state index >= 15 is 0 Å². The second kappa shape index (κ2) is 10.7. The predicted octanol–water partition coefficient (Wildman–Crippen LogP) is 4.84. The van der Waals surface area contributed by atoms with Crippen molar-refractivity contribution in [2.75, 3.05) is 13.7 Å². The van der Waals surface area contributed by atoms with Crippen LogP contribution in [0.25, 0.3) is 0 Å². The molecule has 6 nitrogen and oxygen atoms in total. The molecule has 31 heavy (non-hydrogen) atoms. The van der Waals surface area contributed by atoms with E-state index in [9.17, 15) is 9.59 Å². The van der Waals surface area contributed by atoms with Crippen molar-refractivity contribution in [3.8, 4) is 11.5 Å². The Labute approximate surface area is 192 Å². The molecule has 0 aliphatic heterocycles. The lowest BCUT2D eigenvalue weighted by Crippen LogP contribution is -2.41. The highest BCUT2D eigenvalue weighted by Crippen LogP contribution is 2.32. The summed E-state index contributed by atoms with van der Waals surface area (Å²) in [5.74, 6) is 0.197. The fourth-order valence-electron chi connectivity index (χ4n) is 3.85. The van der Waals surface area contributed by atoms with Crippen molar-refractivity contribution in [2.45, 2.75) is 44.7 Å². The second-order valence-corrected chi connectivity index (χ2v) is 8.43. The van der Waals surface area contributed by atoms with Gasteiger partial charge in [-0.3, -0.25) is 9.59 Å². The zero-order chi connectivity index (χ0) is 22.4. The van der Waals surface area contributed by atoms with Gasteiger partial charge in [0.15, 0.2) is 18.1 Å². The number of hydrogen-bond donors (Lipinski definition) is 1. The van der Waals surface area contributed by atoms with Crippen molar-refractivity contribution < 1.29 is 19.1 Å². The summed E-state index contributed by atoms with van der Waals surface area (Å²) in [4.78, 5) is 26.4. The average Bonchev–Trinajstić information content (AvgIpc) is 2.76. The fourth-order valence-corrected chi connectivity index (χ4v) is 4.34. The number of methoxy groups -OCH3 is 1. The van der Waals surface area contributed by atoms with Gasteiger partial charge in [0.1, 0.15) is 0 Å². The smallest absolute Gasteiger partial charge is 0.255 e. The number of primary amides is 1. The van der Waals surface area contributed by atoms with Crippen LogP contribution in [0, 0.1) is 0 Å². The SMILES string of the molecule is COc1cc(CN(C(=O)c2ccc(Cl)cc2Cl)C2CCCCC2)ccc1OCC(N)=O. The lowest BCUT2D eigenvalue weighted by Gasteiger charge is -2.35. The van der Waals surface area contributed by atoms with E-state index in [4.69, 9.17) is 38.4 Å². The predicted molar refractivity (Wildman–Crippen MR) is 121 cm³/mol. The molecule has 0 unspecified atom stereocenters. The van der Waals surface area contributed by atoms with Crippen LogP contribution in [0.1, 0.15) is 48.0 Å². The zero-order valence-corrected chi connectivity index (χ0v) is 18.9. The molecule has 0 heterocycles. The van der Waals surface area contributed by atoms with Crippen molar-refractivity contribution in [1.82, 2.24) is 4.90 Å². The third-order valence-corrected chi connectivity index (χ3v) is 5.94. The molecule has 0 atom stereocenters. The monoisotopic (exact) mass is 464 g/mol. The molecule has 166 valence electrons. The van der Waals surface area contributed by atoms with Crippen LogP contribution in [0.3, 0.4) is 0 Å². The number of rotatable bonds is 8. The van der Waals surface area contributed by atoms with E-state index < -0.39 is 5.91 Å². The first-order valence-corrected chi connectivity index (χ1v) is 11.0. The largest absolute Gasteiger partial charge is 0.493 e. The summed E-state index contributed by atoms with van der Waals surface area (Å²) in [7, 11) is 1.52. The molecule has 1 aliphatic rings. The normalized spacial score (nSPS) is 14.2. The van der Waals surface area contributed by atoms with Gasteiger partial charge in [-0.05, 0) is 48.7 Å². The Morgan fingerprint density at radius 1 is 1.06 bits per heavy atom. The van der Waals surface area contributed by atoms with Gasteiger partial charge in [0, 0.05) is 17.6 Å². The second-order valence-electron chi connectivity index (χ2n) is 7.59. The highest BCUT2D eigenvalue weighted by molar-refractivity contribution is 6.36. The van der Waals surface area contributed by atoms with E-state index in [0.717, 1.165) is 31.2 Å². The number of benzene rings is 2. The molecule has 8 heteroatoms.